The van der Waals surface area contributed by atoms with Gasteiger partial charge < -0.3 is 15.2 Å². The van der Waals surface area contributed by atoms with E-state index in [-0.39, 0.29) is 18.2 Å². The number of hydrogen-bond acceptors (Lipinski definition) is 6. The second-order valence-electron chi connectivity index (χ2n) is 8.53. The number of rotatable bonds is 11. The van der Waals surface area contributed by atoms with Gasteiger partial charge in [0, 0.05) is 48.9 Å². The van der Waals surface area contributed by atoms with Crippen molar-refractivity contribution >= 4 is 15.9 Å². The Morgan fingerprint density at radius 3 is 2.68 bits per heavy atom. The number of nitrogens with one attached hydrogen (secondary N) is 3. The van der Waals surface area contributed by atoms with E-state index in [1.165, 1.54) is 0 Å². The number of anilines is 1. The molecule has 0 radical (unpaired) electrons. The second kappa shape index (κ2) is 10.5. The summed E-state index contributed by atoms with van der Waals surface area (Å²) in [5, 5.41) is 13.7. The minimum absolute atomic E-state index is 0.0506. The number of pyridine rings is 1. The van der Waals surface area contributed by atoms with Crippen molar-refractivity contribution in [2.24, 2.45) is 0 Å². The molecule has 3 rings (SSSR count). The number of benzene rings is 1. The summed E-state index contributed by atoms with van der Waals surface area (Å²) in [6, 6.07) is 11.0. The van der Waals surface area contributed by atoms with Crippen molar-refractivity contribution in [1.29, 1.82) is 0 Å². The smallest absolute Gasteiger partial charge is 0.299 e. The molecule has 1 saturated heterocycles. The highest BCUT2D eigenvalue weighted by Gasteiger charge is 2.21. The summed E-state index contributed by atoms with van der Waals surface area (Å²) in [5.41, 5.74) is 2.08. The molecule has 4 N–H and O–H groups in total. The van der Waals surface area contributed by atoms with E-state index in [0.717, 1.165) is 30.4 Å². The van der Waals surface area contributed by atoms with Gasteiger partial charge in [-0.1, -0.05) is 18.2 Å². The van der Waals surface area contributed by atoms with Gasteiger partial charge in [0.05, 0.1) is 12.2 Å². The summed E-state index contributed by atoms with van der Waals surface area (Å²) in [4.78, 5) is 4.04. The van der Waals surface area contributed by atoms with Crippen LogP contribution in [0.1, 0.15) is 43.9 Å². The van der Waals surface area contributed by atoms with Crippen molar-refractivity contribution in [3.63, 3.8) is 0 Å². The fourth-order valence-electron chi connectivity index (χ4n) is 3.53. The molecule has 1 aliphatic rings. The molecular weight excluding hydrogens is 416 g/mol. The number of aromatic nitrogens is 1. The quantitative estimate of drug-likeness (QED) is 0.419. The Bertz CT molecular complexity index is 914. The molecule has 9 heteroatoms. The molecule has 0 spiro atoms. The Morgan fingerprint density at radius 2 is 2.03 bits per heavy atom. The van der Waals surface area contributed by atoms with Crippen molar-refractivity contribution < 1.29 is 18.3 Å². The van der Waals surface area contributed by atoms with Gasteiger partial charge in [0.25, 0.3) is 10.2 Å². The topological polar surface area (TPSA) is 113 Å². The van der Waals surface area contributed by atoms with Crippen LogP contribution in [0.3, 0.4) is 0 Å². The van der Waals surface area contributed by atoms with Crippen LogP contribution < -0.4 is 14.8 Å². The van der Waals surface area contributed by atoms with Crippen LogP contribution in [0.4, 0.5) is 5.69 Å². The molecule has 2 atom stereocenters. The summed E-state index contributed by atoms with van der Waals surface area (Å²) in [7, 11) is -3.64. The molecule has 1 fully saturated rings. The van der Waals surface area contributed by atoms with Crippen LogP contribution in [-0.4, -0.2) is 49.8 Å². The molecule has 1 aromatic carbocycles. The number of aliphatic hydroxyl groups is 1. The SMILES string of the molecule is CC(C)(Cc1ccc(NS(=O)(=O)NC[C@@H]2CCCO2)cc1)NC[C@H](O)c1cccnc1. The molecule has 2 heterocycles. The molecule has 0 bridgehead atoms. The highest BCUT2D eigenvalue weighted by Crippen LogP contribution is 2.18. The molecule has 0 aliphatic carbocycles. The molecular formula is C22H32N4O4S. The first-order valence-corrected chi connectivity index (χ1v) is 12.0. The van der Waals surface area contributed by atoms with Gasteiger partial charge in [0.1, 0.15) is 0 Å². The predicted octanol–water partition coefficient (Wildman–Crippen LogP) is 2.15. The van der Waals surface area contributed by atoms with Gasteiger partial charge in [-0.25, -0.2) is 0 Å². The molecule has 0 saturated carbocycles. The maximum absolute atomic E-state index is 12.2. The highest BCUT2D eigenvalue weighted by atomic mass is 32.2. The highest BCUT2D eigenvalue weighted by molar-refractivity contribution is 7.90. The van der Waals surface area contributed by atoms with Gasteiger partial charge in [-0.3, -0.25) is 9.71 Å². The summed E-state index contributed by atoms with van der Waals surface area (Å²) >= 11 is 0. The van der Waals surface area contributed by atoms with Crippen LogP contribution in [0.25, 0.3) is 0 Å². The van der Waals surface area contributed by atoms with Crippen molar-refractivity contribution in [1.82, 2.24) is 15.0 Å². The van der Waals surface area contributed by atoms with Crippen LogP contribution in [-0.2, 0) is 21.4 Å². The lowest BCUT2D eigenvalue weighted by molar-refractivity contribution is 0.114. The van der Waals surface area contributed by atoms with Crippen LogP contribution >= 0.6 is 0 Å². The zero-order valence-corrected chi connectivity index (χ0v) is 18.9. The van der Waals surface area contributed by atoms with E-state index in [0.29, 0.717) is 18.8 Å². The molecule has 8 nitrogen and oxygen atoms in total. The van der Waals surface area contributed by atoms with E-state index >= 15 is 0 Å². The van der Waals surface area contributed by atoms with Crippen LogP contribution in [0.2, 0.25) is 0 Å². The van der Waals surface area contributed by atoms with Gasteiger partial charge in [0.15, 0.2) is 0 Å². The Balaban J connectivity index is 1.48. The maximum Gasteiger partial charge on any atom is 0.299 e. The van der Waals surface area contributed by atoms with Gasteiger partial charge in [-0.2, -0.15) is 13.1 Å². The number of hydrogen-bond donors (Lipinski definition) is 4. The summed E-state index contributed by atoms with van der Waals surface area (Å²) in [6.45, 7) is 5.50. The first-order chi connectivity index (χ1) is 14.7. The Morgan fingerprint density at radius 1 is 1.26 bits per heavy atom. The fraction of sp³-hybridized carbons (Fsp3) is 0.500. The minimum Gasteiger partial charge on any atom is -0.387 e. The largest absolute Gasteiger partial charge is 0.387 e. The van der Waals surface area contributed by atoms with Gasteiger partial charge in [0.2, 0.25) is 0 Å². The molecule has 1 aliphatic heterocycles. The van der Waals surface area contributed by atoms with E-state index < -0.39 is 16.3 Å². The van der Waals surface area contributed by atoms with Crippen molar-refractivity contribution in [2.75, 3.05) is 24.4 Å². The molecule has 0 amide bonds. The third-order valence-corrected chi connectivity index (χ3v) is 6.27. The van der Waals surface area contributed by atoms with E-state index in [2.05, 4.69) is 33.6 Å². The molecule has 1 aromatic heterocycles. The lowest BCUT2D eigenvalue weighted by atomic mass is 9.94. The van der Waals surface area contributed by atoms with Crippen LogP contribution in [0, 0.1) is 0 Å². The summed E-state index contributed by atoms with van der Waals surface area (Å²) in [6.07, 6.45) is 5.22. The Hall–Kier alpha value is -2.04. The average molecular weight is 449 g/mol. The first-order valence-electron chi connectivity index (χ1n) is 10.5. The predicted molar refractivity (Wildman–Crippen MR) is 121 cm³/mol. The number of nitrogens with zero attached hydrogens (tertiary/aromatic N) is 1. The second-order valence-corrected chi connectivity index (χ2v) is 10.0. The number of aliphatic hydroxyl groups excluding tert-OH is 1. The maximum atomic E-state index is 12.2. The van der Waals surface area contributed by atoms with Gasteiger partial charge in [-0.05, 0) is 56.9 Å². The zero-order chi connectivity index (χ0) is 22.3. The van der Waals surface area contributed by atoms with E-state index in [1.54, 1.807) is 30.6 Å². The van der Waals surface area contributed by atoms with Gasteiger partial charge >= 0.3 is 0 Å². The molecule has 31 heavy (non-hydrogen) atoms. The standard InChI is InChI=1S/C22H32N4O4S/c1-22(2,24-16-21(27)18-5-3-11-23-14-18)13-17-7-9-19(10-8-17)26-31(28,29)25-15-20-6-4-12-30-20/h3,5,7-11,14,20-21,24-27H,4,6,12-13,15-16H2,1-2H3/t20-,21-/m0/s1. The van der Waals surface area contributed by atoms with Crippen molar-refractivity contribution in [2.45, 2.75) is 50.9 Å². The summed E-state index contributed by atoms with van der Waals surface area (Å²) < 4.78 is 35.0. The Kier molecular flexibility index (Phi) is 8.01. The minimum atomic E-state index is -3.64. The molecule has 2 aromatic rings. The average Bonchev–Trinajstić information content (AvgIpc) is 3.26. The number of β-amino-alcohol motifs (C(OH)–C–C–N with tert-alkyl or cyclic N) is 1. The molecule has 0 unspecified atom stereocenters. The zero-order valence-electron chi connectivity index (χ0n) is 18.0. The Labute approximate surface area is 184 Å². The van der Waals surface area contributed by atoms with Crippen LogP contribution in [0.15, 0.2) is 48.8 Å². The van der Waals surface area contributed by atoms with E-state index in [4.69, 9.17) is 4.74 Å². The normalized spacial score (nSPS) is 18.1. The lowest BCUT2D eigenvalue weighted by Crippen LogP contribution is -2.43. The van der Waals surface area contributed by atoms with E-state index in [1.807, 2.05) is 18.2 Å². The third-order valence-electron chi connectivity index (χ3n) is 5.22. The van der Waals surface area contributed by atoms with Crippen molar-refractivity contribution in [3.05, 3.63) is 59.9 Å². The van der Waals surface area contributed by atoms with E-state index in [9.17, 15) is 13.5 Å². The molecule has 170 valence electrons. The summed E-state index contributed by atoms with van der Waals surface area (Å²) in [5.74, 6) is 0. The third kappa shape index (κ3) is 7.86. The first kappa shape index (κ1) is 23.6. The monoisotopic (exact) mass is 448 g/mol. The van der Waals surface area contributed by atoms with Gasteiger partial charge in [-0.15, -0.1) is 0 Å². The van der Waals surface area contributed by atoms with Crippen molar-refractivity contribution in [3.8, 4) is 0 Å². The number of ether oxygens (including phenoxy) is 1. The lowest BCUT2D eigenvalue weighted by Gasteiger charge is -2.28. The van der Waals surface area contributed by atoms with Crippen LogP contribution in [0.5, 0.6) is 0 Å². The fourth-order valence-corrected chi connectivity index (χ4v) is 4.45.